The van der Waals surface area contributed by atoms with Gasteiger partial charge in [0.25, 0.3) is 0 Å². The Morgan fingerprint density at radius 3 is 2.58 bits per heavy atom. The first kappa shape index (κ1) is 19.7. The Balaban J connectivity index is 2.21. The molecule has 2 aromatic rings. The Bertz CT molecular complexity index is 945. The van der Waals surface area contributed by atoms with Gasteiger partial charge in [0.05, 0.1) is 5.56 Å². The van der Waals surface area contributed by atoms with Gasteiger partial charge in [0.15, 0.2) is 11.6 Å². The molecule has 0 saturated heterocycles. The highest BCUT2D eigenvalue weighted by molar-refractivity contribution is 7.89. The topological polar surface area (TPSA) is 72.5 Å². The van der Waals surface area contributed by atoms with Crippen LogP contribution in [0.15, 0.2) is 53.9 Å². The molecule has 0 fully saturated rings. The molecule has 0 bridgehead atoms. The van der Waals surface area contributed by atoms with Crippen LogP contribution >= 0.6 is 0 Å². The molecule has 0 aliphatic heterocycles. The lowest BCUT2D eigenvalue weighted by molar-refractivity contribution is 0.0467. The number of hydrogen-bond donors (Lipinski definition) is 1. The molecule has 1 N–H and O–H groups in total. The minimum atomic E-state index is -4.20. The highest BCUT2D eigenvalue weighted by atomic mass is 32.2. The normalized spacial score (nSPS) is 11.2. The van der Waals surface area contributed by atoms with Crippen LogP contribution in [0.5, 0.6) is 0 Å². The van der Waals surface area contributed by atoms with Crippen LogP contribution in [0.1, 0.15) is 15.9 Å². The highest BCUT2D eigenvalue weighted by Crippen LogP contribution is 2.18. The molecule has 0 amide bonds. The van der Waals surface area contributed by atoms with Crippen molar-refractivity contribution in [2.24, 2.45) is 0 Å². The molecule has 0 unspecified atom stereocenters. The molecule has 0 aliphatic carbocycles. The van der Waals surface area contributed by atoms with Crippen LogP contribution in [0, 0.1) is 17.5 Å². The van der Waals surface area contributed by atoms with Crippen LogP contribution < -0.4 is 4.72 Å². The molecule has 9 heteroatoms. The lowest BCUT2D eigenvalue weighted by atomic mass is 10.2. The number of esters is 1. The molecule has 5 nitrogen and oxygen atoms in total. The lowest BCUT2D eigenvalue weighted by Gasteiger charge is -2.09. The molecule has 26 heavy (non-hydrogen) atoms. The number of hydrogen-bond acceptors (Lipinski definition) is 4. The predicted octanol–water partition coefficient (Wildman–Crippen LogP) is 2.93. The first-order chi connectivity index (χ1) is 12.3. The summed E-state index contributed by atoms with van der Waals surface area (Å²) in [6.07, 6.45) is 1.26. The van der Waals surface area contributed by atoms with Crippen molar-refractivity contribution in [3.05, 3.63) is 77.6 Å². The average Bonchev–Trinajstić information content (AvgIpc) is 2.61. The van der Waals surface area contributed by atoms with E-state index in [1.54, 1.807) is 0 Å². The summed E-state index contributed by atoms with van der Waals surface area (Å²) in [6, 6.07) is 5.99. The van der Waals surface area contributed by atoms with Crippen LogP contribution in [0.25, 0.3) is 0 Å². The quantitative estimate of drug-likeness (QED) is 0.588. The average molecular weight is 385 g/mol. The van der Waals surface area contributed by atoms with Gasteiger partial charge in [-0.05, 0) is 24.3 Å². The Hall–Kier alpha value is -2.65. The second kappa shape index (κ2) is 8.15. The van der Waals surface area contributed by atoms with Crippen molar-refractivity contribution in [1.82, 2.24) is 4.72 Å². The van der Waals surface area contributed by atoms with E-state index in [0.717, 1.165) is 24.3 Å². The first-order valence-corrected chi connectivity index (χ1v) is 8.74. The van der Waals surface area contributed by atoms with Gasteiger partial charge in [-0.15, -0.1) is 6.58 Å². The fourth-order valence-electron chi connectivity index (χ4n) is 1.97. The van der Waals surface area contributed by atoms with E-state index in [4.69, 9.17) is 4.74 Å². The third-order valence-corrected chi connectivity index (χ3v) is 4.70. The Morgan fingerprint density at radius 1 is 1.15 bits per heavy atom. The zero-order chi connectivity index (χ0) is 19.3. The van der Waals surface area contributed by atoms with E-state index in [0.29, 0.717) is 0 Å². The van der Waals surface area contributed by atoms with Crippen LogP contribution in [-0.4, -0.2) is 20.9 Å². The largest absolute Gasteiger partial charge is 0.457 e. The van der Waals surface area contributed by atoms with Crippen LogP contribution in [0.4, 0.5) is 13.2 Å². The summed E-state index contributed by atoms with van der Waals surface area (Å²) in [5.41, 5.74) is -0.455. The number of nitrogens with one attached hydrogen (secondary N) is 1. The van der Waals surface area contributed by atoms with Gasteiger partial charge in [-0.2, -0.15) is 0 Å². The van der Waals surface area contributed by atoms with Gasteiger partial charge >= 0.3 is 5.97 Å². The van der Waals surface area contributed by atoms with Crippen LogP contribution in [0.3, 0.4) is 0 Å². The molecule has 0 radical (unpaired) electrons. The fraction of sp³-hybridized carbons (Fsp3) is 0.118. The summed E-state index contributed by atoms with van der Waals surface area (Å²) in [7, 11) is -4.20. The van der Waals surface area contributed by atoms with E-state index in [1.165, 1.54) is 18.2 Å². The molecule has 2 rings (SSSR count). The van der Waals surface area contributed by atoms with E-state index in [2.05, 4.69) is 11.3 Å². The molecule has 138 valence electrons. The molecule has 0 aliphatic rings. The van der Waals surface area contributed by atoms with Crippen molar-refractivity contribution in [1.29, 1.82) is 0 Å². The number of carbonyl (C=O) groups is 1. The summed E-state index contributed by atoms with van der Waals surface area (Å²) < 4.78 is 71.4. The fourth-order valence-corrected chi connectivity index (χ4v) is 3.07. The molecule has 0 saturated carbocycles. The van der Waals surface area contributed by atoms with Gasteiger partial charge in [0.1, 0.15) is 17.3 Å². The number of benzene rings is 2. The van der Waals surface area contributed by atoms with E-state index < -0.39 is 44.9 Å². The highest BCUT2D eigenvalue weighted by Gasteiger charge is 2.21. The standard InChI is InChI=1S/C17H14F3NO4S/c1-2-8-21-26(23,24)15-9-11(6-7-13(15)18)17(22)25-10-12-4-3-5-14(19)16(12)20/h2-7,9,21H,1,8,10H2. The zero-order valence-electron chi connectivity index (χ0n) is 13.3. The van der Waals surface area contributed by atoms with Gasteiger partial charge < -0.3 is 4.74 Å². The van der Waals surface area contributed by atoms with Crippen molar-refractivity contribution in [3.63, 3.8) is 0 Å². The molecule has 0 spiro atoms. The summed E-state index contributed by atoms with van der Waals surface area (Å²) in [5, 5.41) is 0. The van der Waals surface area contributed by atoms with Gasteiger partial charge in [-0.1, -0.05) is 18.2 Å². The Morgan fingerprint density at radius 2 is 1.88 bits per heavy atom. The van der Waals surface area contributed by atoms with Gasteiger partial charge in [0, 0.05) is 12.1 Å². The van der Waals surface area contributed by atoms with Crippen molar-refractivity contribution < 1.29 is 31.1 Å². The smallest absolute Gasteiger partial charge is 0.338 e. The van der Waals surface area contributed by atoms with Gasteiger partial charge in [-0.3, -0.25) is 0 Å². The van der Waals surface area contributed by atoms with E-state index in [-0.39, 0.29) is 17.7 Å². The molecular weight excluding hydrogens is 371 g/mol. The number of ether oxygens (including phenoxy) is 1. The molecule has 0 heterocycles. The zero-order valence-corrected chi connectivity index (χ0v) is 14.2. The van der Waals surface area contributed by atoms with Crippen molar-refractivity contribution in [2.45, 2.75) is 11.5 Å². The SMILES string of the molecule is C=CCNS(=O)(=O)c1cc(C(=O)OCc2cccc(F)c2F)ccc1F. The summed E-state index contributed by atoms with van der Waals surface area (Å²) >= 11 is 0. The van der Waals surface area contributed by atoms with Crippen molar-refractivity contribution in [3.8, 4) is 0 Å². The van der Waals surface area contributed by atoms with Crippen LogP contribution in [0.2, 0.25) is 0 Å². The first-order valence-electron chi connectivity index (χ1n) is 7.26. The third kappa shape index (κ3) is 4.50. The monoisotopic (exact) mass is 385 g/mol. The predicted molar refractivity (Wildman–Crippen MR) is 87.3 cm³/mol. The number of sulfonamides is 1. The maximum atomic E-state index is 13.8. The second-order valence-corrected chi connectivity index (χ2v) is 6.81. The molecular formula is C17H14F3NO4S. The maximum absolute atomic E-state index is 13.8. The van der Waals surface area contributed by atoms with Crippen molar-refractivity contribution >= 4 is 16.0 Å². The number of carbonyl (C=O) groups excluding carboxylic acids is 1. The minimum Gasteiger partial charge on any atom is -0.457 e. The molecule has 0 aromatic heterocycles. The van der Waals surface area contributed by atoms with Gasteiger partial charge in [0.2, 0.25) is 10.0 Å². The summed E-state index contributed by atoms with van der Waals surface area (Å²) in [5.74, 6) is -4.33. The maximum Gasteiger partial charge on any atom is 0.338 e. The van der Waals surface area contributed by atoms with E-state index in [1.807, 2.05) is 0 Å². The van der Waals surface area contributed by atoms with Crippen LogP contribution in [-0.2, 0) is 21.4 Å². The third-order valence-electron chi connectivity index (χ3n) is 3.26. The minimum absolute atomic E-state index is 0.130. The Labute approximate surface area is 148 Å². The van der Waals surface area contributed by atoms with E-state index in [9.17, 15) is 26.4 Å². The van der Waals surface area contributed by atoms with Crippen molar-refractivity contribution in [2.75, 3.05) is 6.54 Å². The Kier molecular flexibility index (Phi) is 6.17. The number of rotatable bonds is 7. The summed E-state index contributed by atoms with van der Waals surface area (Å²) in [4.78, 5) is 11.3. The number of halogens is 3. The van der Waals surface area contributed by atoms with E-state index >= 15 is 0 Å². The van der Waals surface area contributed by atoms with Gasteiger partial charge in [-0.25, -0.2) is 31.1 Å². The molecule has 2 aromatic carbocycles. The summed E-state index contributed by atoms with van der Waals surface area (Å²) in [6.45, 7) is 2.64. The lowest BCUT2D eigenvalue weighted by Crippen LogP contribution is -2.25. The molecule has 0 atom stereocenters. The second-order valence-electron chi connectivity index (χ2n) is 5.07.